The monoisotopic (exact) mass is 501 g/mol. The van der Waals surface area contributed by atoms with Crippen LogP contribution in [0.3, 0.4) is 0 Å². The van der Waals surface area contributed by atoms with E-state index in [-0.39, 0.29) is 17.9 Å². The van der Waals surface area contributed by atoms with E-state index in [1.807, 2.05) is 13.3 Å². The van der Waals surface area contributed by atoms with Crippen LogP contribution in [0.5, 0.6) is 5.88 Å². The van der Waals surface area contributed by atoms with Gasteiger partial charge >= 0.3 is 0 Å². The van der Waals surface area contributed by atoms with Gasteiger partial charge in [-0.15, -0.1) is 0 Å². The second kappa shape index (κ2) is 9.40. The molecule has 194 valence electrons. The fraction of sp³-hybridized carbons (Fsp3) is 0.552. The highest BCUT2D eigenvalue weighted by atomic mass is 16.5. The maximum Gasteiger partial charge on any atom is 0.241 e. The van der Waals surface area contributed by atoms with Gasteiger partial charge in [0.25, 0.3) is 0 Å². The Hall–Kier alpha value is -2.97. The Morgan fingerprint density at radius 2 is 1.86 bits per heavy atom. The van der Waals surface area contributed by atoms with E-state index in [1.165, 1.54) is 18.4 Å². The molecule has 1 N–H and O–H groups in total. The highest BCUT2D eigenvalue weighted by Gasteiger charge is 2.32. The van der Waals surface area contributed by atoms with Gasteiger partial charge in [0.05, 0.1) is 36.8 Å². The largest absolute Gasteiger partial charge is 0.473 e. The first-order valence-corrected chi connectivity index (χ1v) is 13.9. The van der Waals surface area contributed by atoms with Crippen LogP contribution in [0.15, 0.2) is 36.7 Å². The summed E-state index contributed by atoms with van der Waals surface area (Å²) in [4.78, 5) is 24.1. The molecule has 0 spiro atoms. The van der Waals surface area contributed by atoms with E-state index in [9.17, 15) is 4.79 Å². The SMILES string of the molecule is C[C@@H](Oc1nc(-c2ccc(C3CCN(C4COC4)CC3)cc2)cc2ncn(C3CC3)c12)[C@H]1CNC(=O)C1. The van der Waals surface area contributed by atoms with Gasteiger partial charge in [-0.3, -0.25) is 9.69 Å². The minimum absolute atomic E-state index is 0.0955. The Morgan fingerprint density at radius 3 is 2.51 bits per heavy atom. The minimum atomic E-state index is -0.118. The number of likely N-dealkylation sites (tertiary alicyclic amines) is 1. The molecule has 1 aliphatic carbocycles. The van der Waals surface area contributed by atoms with Crippen LogP contribution in [0.25, 0.3) is 22.3 Å². The van der Waals surface area contributed by atoms with E-state index in [0.717, 1.165) is 61.4 Å². The number of rotatable bonds is 7. The van der Waals surface area contributed by atoms with Crippen molar-refractivity contribution < 1.29 is 14.3 Å². The van der Waals surface area contributed by atoms with Crippen molar-refractivity contribution in [2.75, 3.05) is 32.8 Å². The summed E-state index contributed by atoms with van der Waals surface area (Å²) in [5.74, 6) is 1.48. The summed E-state index contributed by atoms with van der Waals surface area (Å²) in [6.07, 6.45) is 7.04. The summed E-state index contributed by atoms with van der Waals surface area (Å²) in [6.45, 7) is 6.80. The molecule has 3 saturated heterocycles. The molecule has 1 aromatic carbocycles. The van der Waals surface area contributed by atoms with Crippen LogP contribution in [0.1, 0.15) is 56.6 Å². The fourth-order valence-corrected chi connectivity index (χ4v) is 6.07. The first-order valence-electron chi connectivity index (χ1n) is 13.9. The van der Waals surface area contributed by atoms with Gasteiger partial charge < -0.3 is 19.4 Å². The third kappa shape index (κ3) is 4.50. The van der Waals surface area contributed by atoms with Crippen LogP contribution in [-0.2, 0) is 9.53 Å². The molecule has 37 heavy (non-hydrogen) atoms. The smallest absolute Gasteiger partial charge is 0.241 e. The van der Waals surface area contributed by atoms with E-state index in [1.54, 1.807) is 0 Å². The molecular formula is C29H35N5O3. The van der Waals surface area contributed by atoms with Crippen LogP contribution < -0.4 is 10.1 Å². The van der Waals surface area contributed by atoms with Crippen molar-refractivity contribution in [2.45, 2.75) is 63.1 Å². The summed E-state index contributed by atoms with van der Waals surface area (Å²) in [6, 6.07) is 12.1. The number of carbonyl (C=O) groups is 1. The molecule has 4 aliphatic rings. The van der Waals surface area contributed by atoms with Crippen molar-refractivity contribution in [3.63, 3.8) is 0 Å². The average Bonchev–Trinajstić information content (AvgIpc) is 3.48. The zero-order valence-electron chi connectivity index (χ0n) is 21.4. The Kier molecular flexibility index (Phi) is 5.89. The first kappa shape index (κ1) is 23.2. The van der Waals surface area contributed by atoms with Crippen molar-refractivity contribution in [2.24, 2.45) is 5.92 Å². The Labute approximate surface area is 217 Å². The number of nitrogens with zero attached hydrogens (tertiary/aromatic N) is 4. The zero-order valence-corrected chi connectivity index (χ0v) is 21.4. The molecule has 7 rings (SSSR count). The van der Waals surface area contributed by atoms with Crippen LogP contribution >= 0.6 is 0 Å². The van der Waals surface area contributed by atoms with Gasteiger partial charge in [0.2, 0.25) is 11.8 Å². The van der Waals surface area contributed by atoms with Crippen LogP contribution in [0.4, 0.5) is 0 Å². The number of imidazole rings is 1. The van der Waals surface area contributed by atoms with Gasteiger partial charge in [-0.1, -0.05) is 24.3 Å². The van der Waals surface area contributed by atoms with Crippen molar-refractivity contribution in [1.82, 2.24) is 24.8 Å². The lowest BCUT2D eigenvalue weighted by molar-refractivity contribution is -0.119. The van der Waals surface area contributed by atoms with E-state index >= 15 is 0 Å². The van der Waals surface area contributed by atoms with E-state index < -0.39 is 0 Å². The number of benzene rings is 1. The molecule has 2 atom stereocenters. The Morgan fingerprint density at radius 1 is 1.08 bits per heavy atom. The molecule has 2 aromatic heterocycles. The lowest BCUT2D eigenvalue weighted by Gasteiger charge is -2.41. The van der Waals surface area contributed by atoms with Gasteiger partial charge in [0.15, 0.2) is 0 Å². The number of ether oxygens (including phenoxy) is 2. The van der Waals surface area contributed by atoms with Gasteiger partial charge in [-0.2, -0.15) is 0 Å². The molecule has 4 fully saturated rings. The van der Waals surface area contributed by atoms with Crippen molar-refractivity contribution >= 4 is 16.9 Å². The second-order valence-corrected chi connectivity index (χ2v) is 11.3. The lowest BCUT2D eigenvalue weighted by Crippen LogP contribution is -2.51. The topological polar surface area (TPSA) is 81.5 Å². The highest BCUT2D eigenvalue weighted by molar-refractivity contribution is 5.85. The van der Waals surface area contributed by atoms with E-state index in [4.69, 9.17) is 19.4 Å². The normalized spacial score (nSPS) is 24.2. The zero-order chi connectivity index (χ0) is 24.9. The predicted molar refractivity (Wildman–Crippen MR) is 141 cm³/mol. The number of piperidine rings is 1. The van der Waals surface area contributed by atoms with Gasteiger partial charge in [0.1, 0.15) is 11.6 Å². The summed E-state index contributed by atoms with van der Waals surface area (Å²) in [5.41, 5.74) is 5.25. The van der Waals surface area contributed by atoms with Gasteiger partial charge in [0, 0.05) is 30.5 Å². The summed E-state index contributed by atoms with van der Waals surface area (Å²) in [7, 11) is 0. The fourth-order valence-electron chi connectivity index (χ4n) is 6.07. The molecule has 1 amide bonds. The molecule has 1 saturated carbocycles. The number of amides is 1. The molecule has 0 bridgehead atoms. The Balaban J connectivity index is 1.13. The number of carbonyl (C=O) groups excluding carboxylic acids is 1. The third-order valence-corrected chi connectivity index (χ3v) is 8.77. The van der Waals surface area contributed by atoms with E-state index in [2.05, 4.69) is 45.1 Å². The third-order valence-electron chi connectivity index (χ3n) is 8.77. The number of aromatic nitrogens is 3. The van der Waals surface area contributed by atoms with E-state index in [0.29, 0.717) is 36.8 Å². The standard InChI is InChI=1S/C29H35N5O3/c1-18(22-12-27(35)30-14-22)37-29-28-26(31-17-34(28)23-6-7-23)13-25(32-29)21-4-2-19(3-5-21)20-8-10-33(11-9-20)24-15-36-16-24/h2-5,13,17-18,20,22-24H,6-12,14-16H2,1H3,(H,30,35)/t18-,22-/m1/s1. The lowest BCUT2D eigenvalue weighted by atomic mass is 9.88. The molecule has 8 nitrogen and oxygen atoms in total. The molecule has 0 unspecified atom stereocenters. The first-order chi connectivity index (χ1) is 18.1. The van der Waals surface area contributed by atoms with Crippen molar-refractivity contribution in [1.29, 1.82) is 0 Å². The predicted octanol–water partition coefficient (Wildman–Crippen LogP) is 3.91. The number of hydrogen-bond donors (Lipinski definition) is 1. The number of hydrogen-bond acceptors (Lipinski definition) is 6. The number of nitrogens with one attached hydrogen (secondary N) is 1. The average molecular weight is 502 g/mol. The molecule has 0 radical (unpaired) electrons. The minimum Gasteiger partial charge on any atom is -0.473 e. The van der Waals surface area contributed by atoms with Gasteiger partial charge in [-0.25, -0.2) is 9.97 Å². The van der Waals surface area contributed by atoms with Gasteiger partial charge in [-0.05, 0) is 63.2 Å². The molecule has 5 heterocycles. The molecular weight excluding hydrogens is 466 g/mol. The van der Waals surface area contributed by atoms with Crippen LogP contribution in [-0.4, -0.2) is 70.3 Å². The highest BCUT2D eigenvalue weighted by Crippen LogP contribution is 2.40. The maximum absolute atomic E-state index is 11.8. The van der Waals surface area contributed by atoms with Crippen molar-refractivity contribution in [3.8, 4) is 17.1 Å². The summed E-state index contributed by atoms with van der Waals surface area (Å²) >= 11 is 0. The number of fused-ring (bicyclic) bond motifs is 1. The van der Waals surface area contributed by atoms with Crippen LogP contribution in [0, 0.1) is 5.92 Å². The quantitative estimate of drug-likeness (QED) is 0.529. The van der Waals surface area contributed by atoms with Crippen molar-refractivity contribution in [3.05, 3.63) is 42.2 Å². The Bertz CT molecular complexity index is 1290. The maximum atomic E-state index is 11.8. The molecule has 3 aromatic rings. The van der Waals surface area contributed by atoms with Crippen LogP contribution in [0.2, 0.25) is 0 Å². The second-order valence-electron chi connectivity index (χ2n) is 11.3. The summed E-state index contributed by atoms with van der Waals surface area (Å²) in [5, 5.41) is 2.93. The number of pyridine rings is 1. The molecule has 8 heteroatoms. The summed E-state index contributed by atoms with van der Waals surface area (Å²) < 4.78 is 14.1. The molecule has 3 aliphatic heterocycles.